The first-order valence-corrected chi connectivity index (χ1v) is 5.92. The first-order chi connectivity index (χ1) is 7.26. The molecule has 0 radical (unpaired) electrons. The summed E-state index contributed by atoms with van der Waals surface area (Å²) in [5.74, 6) is 0.349. The van der Waals surface area contributed by atoms with Crippen molar-refractivity contribution in [2.45, 2.75) is 52.6 Å². The Morgan fingerprint density at radius 1 is 1.44 bits per heavy atom. The van der Waals surface area contributed by atoms with E-state index in [1.807, 2.05) is 20.8 Å². The summed E-state index contributed by atoms with van der Waals surface area (Å²) in [4.78, 5) is 11.7. The molecule has 0 rings (SSSR count). The highest BCUT2D eigenvalue weighted by molar-refractivity contribution is 5.77. The van der Waals surface area contributed by atoms with E-state index in [1.54, 1.807) is 0 Å². The molecule has 0 aliphatic carbocycles. The lowest BCUT2D eigenvalue weighted by Gasteiger charge is -2.24. The van der Waals surface area contributed by atoms with Crippen LogP contribution in [0.1, 0.15) is 41.0 Å². The average Bonchev–Trinajstić information content (AvgIpc) is 2.08. The van der Waals surface area contributed by atoms with Crippen LogP contribution in [-0.4, -0.2) is 30.7 Å². The molecule has 4 heteroatoms. The molecule has 0 bridgehead atoms. The van der Waals surface area contributed by atoms with E-state index in [9.17, 15) is 4.79 Å². The van der Waals surface area contributed by atoms with Crippen molar-refractivity contribution in [3.63, 3.8) is 0 Å². The molecule has 0 fully saturated rings. The molecule has 0 saturated carbocycles. The minimum absolute atomic E-state index is 0.00842. The molecular weight excluding hydrogens is 204 g/mol. The summed E-state index contributed by atoms with van der Waals surface area (Å²) in [6, 6.07) is 0.0646. The van der Waals surface area contributed by atoms with Gasteiger partial charge in [0.1, 0.15) is 0 Å². The average molecular weight is 230 g/mol. The summed E-state index contributed by atoms with van der Waals surface area (Å²) in [7, 11) is 0. The minimum Gasteiger partial charge on any atom is -0.380 e. The smallest absolute Gasteiger partial charge is 0.222 e. The maximum atomic E-state index is 11.7. The number of ether oxygens (including phenoxy) is 1. The summed E-state index contributed by atoms with van der Waals surface area (Å²) >= 11 is 0. The van der Waals surface area contributed by atoms with Crippen molar-refractivity contribution >= 4 is 5.91 Å². The van der Waals surface area contributed by atoms with Crippen LogP contribution < -0.4 is 11.1 Å². The molecule has 0 heterocycles. The molecule has 0 saturated heterocycles. The van der Waals surface area contributed by atoms with Crippen molar-refractivity contribution in [3.05, 3.63) is 0 Å². The first-order valence-electron chi connectivity index (χ1n) is 5.92. The molecular formula is C12H26N2O2. The van der Waals surface area contributed by atoms with Gasteiger partial charge in [0.05, 0.1) is 12.6 Å². The zero-order valence-electron chi connectivity index (χ0n) is 11.2. The molecule has 0 aromatic heterocycles. The number of carbonyl (C=O) groups excluding carboxylic acids is 1. The van der Waals surface area contributed by atoms with Crippen molar-refractivity contribution in [1.82, 2.24) is 5.32 Å². The van der Waals surface area contributed by atoms with E-state index in [0.717, 1.165) is 0 Å². The molecule has 16 heavy (non-hydrogen) atoms. The molecule has 0 spiro atoms. The van der Waals surface area contributed by atoms with Crippen LogP contribution in [0.5, 0.6) is 0 Å². The highest BCUT2D eigenvalue weighted by Gasteiger charge is 2.20. The second kappa shape index (κ2) is 6.86. The Kier molecular flexibility index (Phi) is 6.60. The number of hydrogen-bond donors (Lipinski definition) is 2. The number of nitrogens with two attached hydrogens (primary N) is 1. The van der Waals surface area contributed by atoms with Gasteiger partial charge < -0.3 is 15.8 Å². The van der Waals surface area contributed by atoms with Gasteiger partial charge in [0.25, 0.3) is 0 Å². The van der Waals surface area contributed by atoms with Gasteiger partial charge in [0, 0.05) is 18.6 Å². The molecule has 0 aromatic rings. The van der Waals surface area contributed by atoms with Gasteiger partial charge in [0.15, 0.2) is 0 Å². The molecule has 96 valence electrons. The third-order valence-corrected chi connectivity index (χ3v) is 2.27. The Labute approximate surface area is 98.9 Å². The van der Waals surface area contributed by atoms with E-state index in [2.05, 4.69) is 19.2 Å². The Balaban J connectivity index is 4.13. The Hall–Kier alpha value is -0.610. The number of amides is 1. The summed E-state index contributed by atoms with van der Waals surface area (Å²) in [6.07, 6.45) is 0.336. The lowest BCUT2D eigenvalue weighted by atomic mass is 10.0. The number of rotatable bonds is 7. The van der Waals surface area contributed by atoms with Gasteiger partial charge in [0.2, 0.25) is 5.91 Å². The monoisotopic (exact) mass is 230 g/mol. The molecule has 4 nitrogen and oxygen atoms in total. The normalized spacial score (nSPS) is 13.9. The molecule has 1 unspecified atom stereocenters. The summed E-state index contributed by atoms with van der Waals surface area (Å²) in [5.41, 5.74) is 5.34. The second-order valence-electron chi connectivity index (χ2n) is 5.24. The fourth-order valence-corrected chi connectivity index (χ4v) is 1.32. The largest absolute Gasteiger partial charge is 0.380 e. The van der Waals surface area contributed by atoms with E-state index in [1.165, 1.54) is 0 Å². The van der Waals surface area contributed by atoms with Gasteiger partial charge in [-0.2, -0.15) is 0 Å². The summed E-state index contributed by atoms with van der Waals surface area (Å²) in [6.45, 7) is 11.0. The van der Waals surface area contributed by atoms with Crippen LogP contribution in [0.15, 0.2) is 0 Å². The van der Waals surface area contributed by atoms with E-state index < -0.39 is 5.54 Å². The van der Waals surface area contributed by atoms with Crippen LogP contribution in [0.3, 0.4) is 0 Å². The lowest BCUT2D eigenvalue weighted by molar-refractivity contribution is -0.123. The maximum Gasteiger partial charge on any atom is 0.222 e. The van der Waals surface area contributed by atoms with Crippen LogP contribution in [0.4, 0.5) is 0 Å². The van der Waals surface area contributed by atoms with E-state index in [0.29, 0.717) is 25.6 Å². The van der Waals surface area contributed by atoms with Gasteiger partial charge in [-0.05, 0) is 26.7 Å². The Morgan fingerprint density at radius 2 is 2.00 bits per heavy atom. The van der Waals surface area contributed by atoms with Crippen molar-refractivity contribution in [2.75, 3.05) is 13.2 Å². The third kappa shape index (κ3) is 7.65. The predicted octanol–water partition coefficient (Wildman–Crippen LogP) is 1.29. The molecule has 0 aliphatic heterocycles. The fraction of sp³-hybridized carbons (Fsp3) is 0.917. The highest BCUT2D eigenvalue weighted by Crippen LogP contribution is 2.06. The van der Waals surface area contributed by atoms with Crippen LogP contribution in [0.2, 0.25) is 0 Å². The molecule has 1 atom stereocenters. The van der Waals surface area contributed by atoms with Crippen LogP contribution >= 0.6 is 0 Å². The van der Waals surface area contributed by atoms with Gasteiger partial charge >= 0.3 is 0 Å². The summed E-state index contributed by atoms with van der Waals surface area (Å²) in [5, 5.41) is 2.96. The van der Waals surface area contributed by atoms with Crippen LogP contribution in [-0.2, 0) is 9.53 Å². The van der Waals surface area contributed by atoms with Crippen molar-refractivity contribution in [2.24, 2.45) is 11.7 Å². The van der Waals surface area contributed by atoms with E-state index in [-0.39, 0.29) is 11.9 Å². The fourth-order valence-electron chi connectivity index (χ4n) is 1.32. The van der Waals surface area contributed by atoms with Crippen molar-refractivity contribution in [1.29, 1.82) is 0 Å². The van der Waals surface area contributed by atoms with Crippen LogP contribution in [0.25, 0.3) is 0 Å². The number of carbonyl (C=O) groups is 1. The predicted molar refractivity (Wildman–Crippen MR) is 66.1 cm³/mol. The quantitative estimate of drug-likeness (QED) is 0.692. The van der Waals surface area contributed by atoms with E-state index >= 15 is 0 Å². The molecule has 0 aromatic carbocycles. The molecule has 0 aliphatic rings. The van der Waals surface area contributed by atoms with Crippen LogP contribution in [0, 0.1) is 5.92 Å². The third-order valence-electron chi connectivity index (χ3n) is 2.27. The van der Waals surface area contributed by atoms with Gasteiger partial charge in [-0.3, -0.25) is 4.79 Å². The molecule has 3 N–H and O–H groups in total. The summed E-state index contributed by atoms with van der Waals surface area (Å²) < 4.78 is 5.34. The molecule has 1 amide bonds. The Bertz CT molecular complexity index is 210. The van der Waals surface area contributed by atoms with Gasteiger partial charge in [-0.25, -0.2) is 0 Å². The highest BCUT2D eigenvalue weighted by atomic mass is 16.5. The topological polar surface area (TPSA) is 64.3 Å². The zero-order valence-corrected chi connectivity index (χ0v) is 11.2. The maximum absolute atomic E-state index is 11.7. The van der Waals surface area contributed by atoms with Gasteiger partial charge in [-0.1, -0.05) is 13.8 Å². The SMILES string of the molecule is CCOCC(NC(=O)CC(C)(C)N)C(C)C. The first kappa shape index (κ1) is 15.4. The van der Waals surface area contributed by atoms with E-state index in [4.69, 9.17) is 10.5 Å². The van der Waals surface area contributed by atoms with Gasteiger partial charge in [-0.15, -0.1) is 0 Å². The number of nitrogens with one attached hydrogen (secondary N) is 1. The zero-order chi connectivity index (χ0) is 12.8. The standard InChI is InChI=1S/C12H26N2O2/c1-6-16-8-10(9(2)3)14-11(15)7-12(4,5)13/h9-10H,6-8,13H2,1-5H3,(H,14,15). The van der Waals surface area contributed by atoms with Crippen molar-refractivity contribution in [3.8, 4) is 0 Å². The minimum atomic E-state index is -0.461. The van der Waals surface area contributed by atoms with Crippen molar-refractivity contribution < 1.29 is 9.53 Å². The second-order valence-corrected chi connectivity index (χ2v) is 5.24. The number of hydrogen-bond acceptors (Lipinski definition) is 3. The Morgan fingerprint density at radius 3 is 2.38 bits per heavy atom. The lowest BCUT2D eigenvalue weighted by Crippen LogP contribution is -2.46.